The molecule has 0 aromatic rings. The molecule has 0 spiro atoms. The van der Waals surface area contributed by atoms with Crippen LogP contribution in [0.4, 0.5) is 0 Å². The summed E-state index contributed by atoms with van der Waals surface area (Å²) in [5.41, 5.74) is 0. The summed E-state index contributed by atoms with van der Waals surface area (Å²) < 4.78 is 13.2. The van der Waals surface area contributed by atoms with E-state index in [9.17, 15) is 9.36 Å². The van der Waals surface area contributed by atoms with Crippen molar-refractivity contribution in [3.8, 4) is 0 Å². The molecular weight excluding hydrogens is 249 g/mol. The van der Waals surface area contributed by atoms with Gasteiger partial charge in [0.15, 0.2) is 0 Å². The topological polar surface area (TPSA) is 83.8 Å². The van der Waals surface area contributed by atoms with Crippen molar-refractivity contribution in [2.75, 3.05) is 0 Å². The third kappa shape index (κ3) is 15.9. The van der Waals surface area contributed by atoms with E-state index in [0.717, 1.165) is 6.92 Å². The number of phosphoric ester groups is 1. The molecule has 0 saturated heterocycles. The van der Waals surface area contributed by atoms with Crippen molar-refractivity contribution in [2.24, 2.45) is 0 Å². The predicted octanol–water partition coefficient (Wildman–Crippen LogP) is -0.363. The van der Waals surface area contributed by atoms with Crippen molar-refractivity contribution in [2.45, 2.75) is 6.92 Å². The third-order valence-corrected chi connectivity index (χ3v) is 0.742. The maximum Gasteiger partial charge on any atom is 0.526 e. The molecule has 0 aromatic carbocycles. The summed E-state index contributed by atoms with van der Waals surface area (Å²) in [6, 6.07) is 0. The number of carbonyl (C=O) groups is 1. The van der Waals surface area contributed by atoms with Crippen LogP contribution in [0.3, 0.4) is 0 Å². The van der Waals surface area contributed by atoms with Gasteiger partial charge in [0.1, 0.15) is 0 Å². The van der Waals surface area contributed by atoms with E-state index in [2.05, 4.69) is 4.52 Å². The Bertz CT molecular complexity index is 143. The van der Waals surface area contributed by atoms with E-state index >= 15 is 0 Å². The summed E-state index contributed by atoms with van der Waals surface area (Å²) in [6.45, 7) is 0.916. The first-order valence-electron chi connectivity index (χ1n) is 1.67. The summed E-state index contributed by atoms with van der Waals surface area (Å²) in [5.74, 6) is -0.988. The van der Waals surface area contributed by atoms with Gasteiger partial charge in [0, 0.05) is 40.8 Å². The molecule has 5 nitrogen and oxygen atoms in total. The van der Waals surface area contributed by atoms with Crippen molar-refractivity contribution < 1.29 is 57.5 Å². The molecule has 0 aromatic heterocycles. The molecule has 2 radical (unpaired) electrons. The minimum absolute atomic E-state index is 0. The van der Waals surface area contributed by atoms with Crippen LogP contribution in [0.15, 0.2) is 0 Å². The van der Waals surface area contributed by atoms with E-state index in [-0.39, 0.29) is 33.8 Å². The number of carbonyl (C=O) groups excluding carboxylic acids is 1. The van der Waals surface area contributed by atoms with Crippen LogP contribution in [0, 0.1) is 0 Å². The Morgan fingerprint density at radius 1 is 1.50 bits per heavy atom. The molecule has 0 aliphatic carbocycles. The third-order valence-electron chi connectivity index (χ3n) is 0.247. The molecule has 0 saturated carbocycles. The Balaban J connectivity index is -0.000000245. The fraction of sp³-hybridized carbons (Fsp3) is 0.500. The minimum atomic E-state index is -4.57. The van der Waals surface area contributed by atoms with Gasteiger partial charge in [-0.25, -0.2) is 4.57 Å². The molecule has 2 N–H and O–H groups in total. The van der Waals surface area contributed by atoms with Gasteiger partial charge < -0.3 is 4.52 Å². The molecule has 0 atom stereocenters. The average molecular weight is 254 g/mol. The standard InChI is InChI=1S/C2H5O5P.Co.Mn/c1-2(3)7-8(4,5)6;;/h1H3,(H2,4,5,6);;. The van der Waals surface area contributed by atoms with Crippen molar-refractivity contribution in [1.29, 1.82) is 0 Å². The van der Waals surface area contributed by atoms with Crippen molar-refractivity contribution in [1.82, 2.24) is 0 Å². The summed E-state index contributed by atoms with van der Waals surface area (Å²) in [5, 5.41) is 0. The second-order valence-electron chi connectivity index (χ2n) is 1.07. The Morgan fingerprint density at radius 3 is 1.80 bits per heavy atom. The Morgan fingerprint density at radius 2 is 1.80 bits per heavy atom. The predicted molar refractivity (Wildman–Crippen MR) is 23.8 cm³/mol. The van der Waals surface area contributed by atoms with Gasteiger partial charge in [-0.1, -0.05) is 0 Å². The van der Waals surface area contributed by atoms with E-state index in [1.54, 1.807) is 0 Å². The Labute approximate surface area is 78.4 Å². The zero-order valence-corrected chi connectivity index (χ0v) is 7.89. The number of rotatable bonds is 1. The normalized spacial score (nSPS) is 8.70. The maximum absolute atomic E-state index is 9.74. The van der Waals surface area contributed by atoms with Crippen LogP contribution >= 0.6 is 7.82 Å². The quantitative estimate of drug-likeness (QED) is 0.493. The first-order valence-corrected chi connectivity index (χ1v) is 3.20. The molecule has 0 unspecified atom stereocenters. The van der Waals surface area contributed by atoms with Gasteiger partial charge in [-0.05, 0) is 0 Å². The van der Waals surface area contributed by atoms with E-state index in [1.807, 2.05) is 0 Å². The first kappa shape index (κ1) is 16.9. The molecule has 0 heterocycles. The van der Waals surface area contributed by atoms with Gasteiger partial charge in [0.2, 0.25) is 0 Å². The smallest absolute Gasteiger partial charge is 0.371 e. The van der Waals surface area contributed by atoms with E-state index in [4.69, 9.17) is 9.79 Å². The largest absolute Gasteiger partial charge is 0.526 e. The van der Waals surface area contributed by atoms with E-state index in [1.165, 1.54) is 0 Å². The fourth-order valence-corrected chi connectivity index (χ4v) is 0.502. The van der Waals surface area contributed by atoms with Crippen LogP contribution < -0.4 is 0 Å². The number of hydrogen-bond acceptors (Lipinski definition) is 3. The second kappa shape index (κ2) is 6.36. The molecule has 0 aliphatic rings. The monoisotopic (exact) mass is 254 g/mol. The summed E-state index contributed by atoms with van der Waals surface area (Å²) in [4.78, 5) is 25.5. The minimum Gasteiger partial charge on any atom is -0.371 e. The van der Waals surface area contributed by atoms with Gasteiger partial charge in [0.05, 0.1) is 0 Å². The Hall–Kier alpha value is 0.646. The molecule has 8 heteroatoms. The maximum atomic E-state index is 9.74. The van der Waals surface area contributed by atoms with Crippen molar-refractivity contribution >= 4 is 13.8 Å². The zero-order chi connectivity index (χ0) is 6.78. The van der Waals surface area contributed by atoms with E-state index in [0.29, 0.717) is 0 Å². The molecule has 10 heavy (non-hydrogen) atoms. The van der Waals surface area contributed by atoms with Crippen LogP contribution in [-0.2, 0) is 47.7 Å². The van der Waals surface area contributed by atoms with Gasteiger partial charge >= 0.3 is 13.8 Å². The fourth-order valence-electron chi connectivity index (χ4n) is 0.167. The second-order valence-corrected chi connectivity index (χ2v) is 2.24. The van der Waals surface area contributed by atoms with Crippen LogP contribution in [0.2, 0.25) is 0 Å². The van der Waals surface area contributed by atoms with Gasteiger partial charge in [-0.3, -0.25) is 14.6 Å². The van der Waals surface area contributed by atoms with Gasteiger partial charge in [-0.2, -0.15) is 0 Å². The SMILES string of the molecule is CC(=O)OP(=O)(O)O.[Co].[Mn]. The first-order chi connectivity index (χ1) is 3.42. The molecule has 64 valence electrons. The van der Waals surface area contributed by atoms with Crippen LogP contribution in [-0.4, -0.2) is 15.8 Å². The van der Waals surface area contributed by atoms with E-state index < -0.39 is 13.8 Å². The van der Waals surface area contributed by atoms with Gasteiger partial charge in [0.25, 0.3) is 0 Å². The van der Waals surface area contributed by atoms with Gasteiger partial charge in [-0.15, -0.1) is 0 Å². The summed E-state index contributed by atoms with van der Waals surface area (Å²) in [6.07, 6.45) is 0. The molecule has 0 fully saturated rings. The average Bonchev–Trinajstić information content (AvgIpc) is 1.21. The number of phosphoric acid groups is 1. The molecule has 0 bridgehead atoms. The van der Waals surface area contributed by atoms with Crippen LogP contribution in [0.5, 0.6) is 0 Å². The van der Waals surface area contributed by atoms with Crippen LogP contribution in [0.25, 0.3) is 0 Å². The zero-order valence-electron chi connectivity index (χ0n) is 4.78. The Kier molecular flexibility index (Phi) is 10.8. The molecule has 0 amide bonds. The summed E-state index contributed by atoms with van der Waals surface area (Å²) >= 11 is 0. The molecule has 0 aliphatic heterocycles. The van der Waals surface area contributed by atoms with Crippen LogP contribution in [0.1, 0.15) is 6.92 Å². The molecular formula is C2H5CoMnO5P. The summed E-state index contributed by atoms with van der Waals surface area (Å²) in [7, 11) is -4.57. The molecule has 0 rings (SSSR count). The van der Waals surface area contributed by atoms with Crippen molar-refractivity contribution in [3.05, 3.63) is 0 Å². The number of hydrogen-bond donors (Lipinski definition) is 2. The van der Waals surface area contributed by atoms with Crippen molar-refractivity contribution in [3.63, 3.8) is 0 Å².